The van der Waals surface area contributed by atoms with E-state index in [-0.39, 0.29) is 11.8 Å². The maximum Gasteiger partial charge on any atom is 0.156 e. The summed E-state index contributed by atoms with van der Waals surface area (Å²) in [6.07, 6.45) is 0.698. The van der Waals surface area contributed by atoms with Crippen molar-refractivity contribution >= 4 is 11.5 Å². The van der Waals surface area contributed by atoms with Crippen LogP contribution in [0.2, 0.25) is 0 Å². The Bertz CT molecular complexity index is 390. The van der Waals surface area contributed by atoms with Crippen LogP contribution in [0.5, 0.6) is 0 Å². The summed E-state index contributed by atoms with van der Waals surface area (Å²) in [7, 11) is 0. The summed E-state index contributed by atoms with van der Waals surface area (Å²) in [5.74, 6) is 0.0654. The average Bonchev–Trinajstić information content (AvgIpc) is 2.16. The molecule has 0 spiro atoms. The van der Waals surface area contributed by atoms with Crippen molar-refractivity contribution in [3.8, 4) is 0 Å². The molecule has 0 aliphatic heterocycles. The molecule has 1 unspecified atom stereocenters. The van der Waals surface area contributed by atoms with E-state index in [1.54, 1.807) is 6.92 Å². The van der Waals surface area contributed by atoms with E-state index >= 15 is 0 Å². The van der Waals surface area contributed by atoms with E-state index in [9.17, 15) is 4.79 Å². The number of ketones is 1. The molecule has 1 aromatic carbocycles. The van der Waals surface area contributed by atoms with Crippen molar-refractivity contribution in [1.29, 1.82) is 0 Å². The number of rotatable bonds is 4. The van der Waals surface area contributed by atoms with Gasteiger partial charge >= 0.3 is 0 Å². The fraction of sp³-hybridized carbons (Fsp3) is 0.462. The van der Waals surface area contributed by atoms with Gasteiger partial charge in [0.25, 0.3) is 0 Å². The van der Waals surface area contributed by atoms with E-state index in [1.165, 1.54) is 0 Å². The third-order valence-corrected chi connectivity index (χ3v) is 2.37. The van der Waals surface area contributed by atoms with Crippen molar-refractivity contribution in [3.05, 3.63) is 29.3 Å². The average molecular weight is 218 g/mol. The number of carbonyl (C=O) groups excluding carboxylic acids is 1. The third-order valence-electron chi connectivity index (χ3n) is 2.37. The van der Waals surface area contributed by atoms with Crippen LogP contribution < -0.4 is 0 Å². The van der Waals surface area contributed by atoms with Crippen LogP contribution in [0.4, 0.5) is 5.69 Å². The highest BCUT2D eigenvalue weighted by molar-refractivity contribution is 5.81. The molecular formula is C13H18N2O. The molecule has 0 saturated carbocycles. The number of hydrogen-bond acceptors (Lipinski definition) is 3. The van der Waals surface area contributed by atoms with Gasteiger partial charge in [-0.3, -0.25) is 4.79 Å². The number of azo groups is 1. The van der Waals surface area contributed by atoms with Crippen LogP contribution in [0.1, 0.15) is 31.4 Å². The lowest BCUT2D eigenvalue weighted by molar-refractivity contribution is -0.118. The Hall–Kier alpha value is -1.51. The molecular weight excluding hydrogens is 200 g/mol. The maximum absolute atomic E-state index is 11.2. The molecule has 0 aliphatic carbocycles. The standard InChI is InChI=1S/C13H18N2O/c1-5-13(11(4)16)15-14-12-7-9(2)6-10(3)8-12/h6-8,13H,5H2,1-4H3. The van der Waals surface area contributed by atoms with Crippen molar-refractivity contribution in [2.24, 2.45) is 10.2 Å². The minimum Gasteiger partial charge on any atom is -0.298 e. The smallest absolute Gasteiger partial charge is 0.156 e. The van der Waals surface area contributed by atoms with Crippen LogP contribution in [-0.4, -0.2) is 11.8 Å². The fourth-order valence-electron chi connectivity index (χ4n) is 1.60. The van der Waals surface area contributed by atoms with Crippen LogP contribution >= 0.6 is 0 Å². The molecule has 0 fully saturated rings. The number of carbonyl (C=O) groups is 1. The molecule has 1 atom stereocenters. The Morgan fingerprint density at radius 1 is 1.25 bits per heavy atom. The van der Waals surface area contributed by atoms with Gasteiger partial charge in [-0.05, 0) is 50.5 Å². The molecule has 0 N–H and O–H groups in total. The molecule has 3 heteroatoms. The van der Waals surface area contributed by atoms with Crippen LogP contribution in [0.25, 0.3) is 0 Å². The molecule has 0 aliphatic rings. The predicted molar refractivity (Wildman–Crippen MR) is 65.2 cm³/mol. The molecule has 0 saturated heterocycles. The molecule has 0 aromatic heterocycles. The summed E-state index contributed by atoms with van der Waals surface area (Å²) in [5.41, 5.74) is 3.13. The lowest BCUT2D eigenvalue weighted by Crippen LogP contribution is -2.12. The van der Waals surface area contributed by atoms with E-state index in [1.807, 2.05) is 32.9 Å². The van der Waals surface area contributed by atoms with Crippen LogP contribution in [-0.2, 0) is 4.79 Å². The minimum atomic E-state index is -0.305. The van der Waals surface area contributed by atoms with Crippen LogP contribution in [0.15, 0.2) is 28.4 Å². The fourth-order valence-corrected chi connectivity index (χ4v) is 1.60. The summed E-state index contributed by atoms with van der Waals surface area (Å²) in [6.45, 7) is 7.53. The Morgan fingerprint density at radius 2 is 1.81 bits per heavy atom. The second-order valence-electron chi connectivity index (χ2n) is 4.10. The molecule has 1 rings (SSSR count). The first-order valence-electron chi connectivity index (χ1n) is 5.52. The number of aryl methyl sites for hydroxylation is 2. The quantitative estimate of drug-likeness (QED) is 0.709. The van der Waals surface area contributed by atoms with Gasteiger partial charge in [-0.1, -0.05) is 13.0 Å². The summed E-state index contributed by atoms with van der Waals surface area (Å²) in [5, 5.41) is 8.19. The van der Waals surface area contributed by atoms with E-state index < -0.39 is 0 Å². The van der Waals surface area contributed by atoms with Crippen LogP contribution in [0, 0.1) is 13.8 Å². The highest BCUT2D eigenvalue weighted by atomic mass is 16.1. The normalized spacial score (nSPS) is 13.0. The van der Waals surface area contributed by atoms with Gasteiger partial charge in [0, 0.05) is 0 Å². The van der Waals surface area contributed by atoms with Gasteiger partial charge in [0.1, 0.15) is 6.04 Å². The van der Waals surface area contributed by atoms with Crippen molar-refractivity contribution in [2.45, 2.75) is 40.2 Å². The van der Waals surface area contributed by atoms with Gasteiger partial charge in [-0.2, -0.15) is 10.2 Å². The Balaban J connectivity index is 2.86. The molecule has 0 radical (unpaired) electrons. The SMILES string of the molecule is CCC(N=Nc1cc(C)cc(C)c1)C(C)=O. The first-order valence-corrected chi connectivity index (χ1v) is 5.52. The maximum atomic E-state index is 11.2. The number of Topliss-reactive ketones (excluding diaryl/α,β-unsaturated/α-hetero) is 1. The van der Waals surface area contributed by atoms with E-state index in [2.05, 4.69) is 16.3 Å². The molecule has 1 aromatic rings. The Labute approximate surface area is 96.6 Å². The number of nitrogens with zero attached hydrogens (tertiary/aromatic N) is 2. The predicted octanol–water partition coefficient (Wildman–Crippen LogP) is 3.75. The zero-order chi connectivity index (χ0) is 12.1. The summed E-state index contributed by atoms with van der Waals surface area (Å²) in [4.78, 5) is 11.2. The Morgan fingerprint density at radius 3 is 2.25 bits per heavy atom. The lowest BCUT2D eigenvalue weighted by atomic mass is 10.1. The largest absolute Gasteiger partial charge is 0.298 e. The van der Waals surface area contributed by atoms with Gasteiger partial charge in [-0.15, -0.1) is 0 Å². The first-order chi connectivity index (χ1) is 7.52. The molecule has 0 bridgehead atoms. The number of hydrogen-bond donors (Lipinski definition) is 0. The topological polar surface area (TPSA) is 41.8 Å². The minimum absolute atomic E-state index is 0.0654. The van der Waals surface area contributed by atoms with Gasteiger partial charge in [0.15, 0.2) is 5.78 Å². The highest BCUT2D eigenvalue weighted by Gasteiger charge is 2.09. The molecule has 86 valence electrons. The lowest BCUT2D eigenvalue weighted by Gasteiger charge is -2.03. The molecule has 0 heterocycles. The zero-order valence-electron chi connectivity index (χ0n) is 10.3. The number of benzene rings is 1. The van der Waals surface area contributed by atoms with Gasteiger partial charge in [0.2, 0.25) is 0 Å². The van der Waals surface area contributed by atoms with Crippen molar-refractivity contribution in [2.75, 3.05) is 0 Å². The third kappa shape index (κ3) is 3.57. The second kappa shape index (κ2) is 5.54. The van der Waals surface area contributed by atoms with Crippen LogP contribution in [0.3, 0.4) is 0 Å². The molecule has 0 amide bonds. The zero-order valence-corrected chi connectivity index (χ0v) is 10.3. The van der Waals surface area contributed by atoms with Gasteiger partial charge < -0.3 is 0 Å². The van der Waals surface area contributed by atoms with Crippen molar-refractivity contribution < 1.29 is 4.79 Å². The van der Waals surface area contributed by atoms with Gasteiger partial charge in [-0.25, -0.2) is 0 Å². The second-order valence-corrected chi connectivity index (χ2v) is 4.10. The van der Waals surface area contributed by atoms with E-state index in [4.69, 9.17) is 0 Å². The Kier molecular flexibility index (Phi) is 4.35. The van der Waals surface area contributed by atoms with Crippen molar-refractivity contribution in [3.63, 3.8) is 0 Å². The summed E-state index contributed by atoms with van der Waals surface area (Å²) in [6, 6.07) is 5.70. The van der Waals surface area contributed by atoms with E-state index in [0.717, 1.165) is 16.8 Å². The summed E-state index contributed by atoms with van der Waals surface area (Å²) >= 11 is 0. The van der Waals surface area contributed by atoms with E-state index in [0.29, 0.717) is 6.42 Å². The summed E-state index contributed by atoms with van der Waals surface area (Å²) < 4.78 is 0. The first kappa shape index (κ1) is 12.6. The van der Waals surface area contributed by atoms with Crippen molar-refractivity contribution in [1.82, 2.24) is 0 Å². The highest BCUT2D eigenvalue weighted by Crippen LogP contribution is 2.18. The molecule has 3 nitrogen and oxygen atoms in total. The monoisotopic (exact) mass is 218 g/mol. The van der Waals surface area contributed by atoms with Gasteiger partial charge in [0.05, 0.1) is 5.69 Å². The molecule has 16 heavy (non-hydrogen) atoms.